The maximum absolute atomic E-state index is 12.9. The summed E-state index contributed by atoms with van der Waals surface area (Å²) in [5, 5.41) is 10.5. The van der Waals surface area contributed by atoms with E-state index in [-0.39, 0.29) is 25.7 Å². The zero-order valence-electron chi connectivity index (χ0n) is 50.5. The summed E-state index contributed by atoms with van der Waals surface area (Å²) < 4.78 is 67.5. The molecule has 0 aliphatic rings. The molecule has 0 aromatic rings. The van der Waals surface area contributed by atoms with Crippen molar-refractivity contribution in [2.75, 3.05) is 39.6 Å². The predicted molar refractivity (Wildman–Crippen MR) is 312 cm³/mol. The molecule has 79 heavy (non-hydrogen) atoms. The van der Waals surface area contributed by atoms with Crippen molar-refractivity contribution in [1.82, 2.24) is 0 Å². The molecular weight excluding hydrogens is 1050 g/mol. The van der Waals surface area contributed by atoms with E-state index in [1.807, 2.05) is 0 Å². The van der Waals surface area contributed by atoms with Gasteiger partial charge < -0.3 is 33.8 Å². The first-order chi connectivity index (χ1) is 38.1. The molecular formula is C60H116O17P2. The molecule has 0 heterocycles. The van der Waals surface area contributed by atoms with Gasteiger partial charge in [-0.15, -0.1) is 0 Å². The van der Waals surface area contributed by atoms with Crippen molar-refractivity contribution < 1.29 is 80.2 Å². The van der Waals surface area contributed by atoms with Gasteiger partial charge in [0, 0.05) is 25.7 Å². The van der Waals surface area contributed by atoms with Crippen molar-refractivity contribution in [1.29, 1.82) is 0 Å². The van der Waals surface area contributed by atoms with E-state index in [0.29, 0.717) is 25.7 Å². The topological polar surface area (TPSA) is 237 Å². The molecule has 0 saturated carbocycles. The Balaban J connectivity index is 5.13. The van der Waals surface area contributed by atoms with Crippen molar-refractivity contribution in [3.05, 3.63) is 0 Å². The summed E-state index contributed by atoms with van der Waals surface area (Å²) in [6, 6.07) is 0. The summed E-state index contributed by atoms with van der Waals surface area (Å²) >= 11 is 0. The summed E-state index contributed by atoms with van der Waals surface area (Å²) in [4.78, 5) is 71.6. The Morgan fingerprint density at radius 3 is 0.899 bits per heavy atom. The van der Waals surface area contributed by atoms with Gasteiger partial charge in [0.2, 0.25) is 0 Å². The van der Waals surface area contributed by atoms with Crippen LogP contribution in [0.25, 0.3) is 0 Å². The van der Waals surface area contributed by atoms with E-state index in [4.69, 9.17) is 37.0 Å². The SMILES string of the molecule is CCCCCCCCCCCCCCCCCCCC(=O)O[C@H](COC(=O)CCCCCCCCC(C)CC)COP(=O)(O)OC[C@@H](O)COP(=O)(O)OC[C@@H](COC(=O)CCCCCCC)OC(=O)CCCCCCCCC. The number of hydrogen-bond acceptors (Lipinski definition) is 15. The Bertz CT molecular complexity index is 1550. The van der Waals surface area contributed by atoms with E-state index in [1.54, 1.807) is 0 Å². The van der Waals surface area contributed by atoms with Crippen LogP contribution in [-0.4, -0.2) is 96.7 Å². The lowest BCUT2D eigenvalue weighted by molar-refractivity contribution is -0.161. The van der Waals surface area contributed by atoms with Gasteiger partial charge in [-0.05, 0) is 31.6 Å². The standard InChI is InChI=1S/C60H116O17P2/c1-6-10-13-16-18-19-20-21-22-23-24-25-26-27-29-36-41-46-60(65)77-56(50-71-58(63)44-39-34-31-30-33-37-42-53(5)9-4)52-75-79(68,69)73-48-54(61)47-72-78(66,67)74-51-55(49-70-57(62)43-38-32-15-12-8-3)76-59(64)45-40-35-28-17-14-11-7-2/h53-56,61H,6-52H2,1-5H3,(H,66,67)(H,68,69)/t53?,54-,55+,56+/m0/s1. The second-order valence-corrected chi connectivity index (χ2v) is 24.9. The number of rotatable bonds is 60. The lowest BCUT2D eigenvalue weighted by Gasteiger charge is -2.21. The van der Waals surface area contributed by atoms with Gasteiger partial charge >= 0.3 is 39.5 Å². The van der Waals surface area contributed by atoms with E-state index in [2.05, 4.69) is 34.6 Å². The average molecular weight is 1170 g/mol. The normalized spacial score (nSPS) is 14.7. The second kappa shape index (κ2) is 54.0. The highest BCUT2D eigenvalue weighted by Gasteiger charge is 2.30. The van der Waals surface area contributed by atoms with Crippen LogP contribution in [0, 0.1) is 5.92 Å². The third-order valence-corrected chi connectivity index (χ3v) is 16.0. The Morgan fingerprint density at radius 2 is 0.608 bits per heavy atom. The minimum Gasteiger partial charge on any atom is -0.462 e. The van der Waals surface area contributed by atoms with Crippen LogP contribution in [0.4, 0.5) is 0 Å². The highest BCUT2D eigenvalue weighted by atomic mass is 31.2. The number of phosphoric acid groups is 2. The number of carbonyl (C=O) groups is 4. The highest BCUT2D eigenvalue weighted by molar-refractivity contribution is 7.47. The molecule has 0 saturated heterocycles. The van der Waals surface area contributed by atoms with Crippen LogP contribution < -0.4 is 0 Å². The fraction of sp³-hybridized carbons (Fsp3) is 0.933. The van der Waals surface area contributed by atoms with E-state index < -0.39 is 97.5 Å². The fourth-order valence-electron chi connectivity index (χ4n) is 8.84. The molecule has 0 aliphatic heterocycles. The minimum atomic E-state index is -4.94. The maximum Gasteiger partial charge on any atom is 0.472 e. The molecule has 0 aliphatic carbocycles. The Hall–Kier alpha value is -1.94. The quantitative estimate of drug-likeness (QED) is 0.0222. The molecule has 0 radical (unpaired) electrons. The molecule has 3 N–H and O–H groups in total. The van der Waals surface area contributed by atoms with Crippen LogP contribution in [0.2, 0.25) is 0 Å². The van der Waals surface area contributed by atoms with E-state index in [9.17, 15) is 43.2 Å². The molecule has 0 fully saturated rings. The van der Waals surface area contributed by atoms with Gasteiger partial charge in [-0.3, -0.25) is 37.3 Å². The lowest BCUT2D eigenvalue weighted by Crippen LogP contribution is -2.30. The predicted octanol–water partition coefficient (Wildman–Crippen LogP) is 16.2. The van der Waals surface area contributed by atoms with Crippen LogP contribution >= 0.6 is 15.6 Å². The van der Waals surface area contributed by atoms with Gasteiger partial charge in [-0.1, -0.05) is 247 Å². The molecule has 0 amide bonds. The minimum absolute atomic E-state index is 0.103. The van der Waals surface area contributed by atoms with Crippen LogP contribution in [0.3, 0.4) is 0 Å². The van der Waals surface area contributed by atoms with Crippen molar-refractivity contribution >= 4 is 39.5 Å². The summed E-state index contributed by atoms with van der Waals surface area (Å²) in [5.74, 6) is -1.42. The lowest BCUT2D eigenvalue weighted by atomic mass is 10.00. The number of aliphatic hydroxyl groups excluding tert-OH is 1. The third-order valence-electron chi connectivity index (χ3n) is 14.1. The van der Waals surface area contributed by atoms with Crippen molar-refractivity contribution in [3.8, 4) is 0 Å². The van der Waals surface area contributed by atoms with Crippen molar-refractivity contribution in [2.45, 2.75) is 316 Å². The Morgan fingerprint density at radius 1 is 0.354 bits per heavy atom. The summed E-state index contributed by atoms with van der Waals surface area (Å²) in [6.07, 6.45) is 36.8. The summed E-state index contributed by atoms with van der Waals surface area (Å²) in [7, 11) is -9.86. The highest BCUT2D eigenvalue weighted by Crippen LogP contribution is 2.45. The van der Waals surface area contributed by atoms with Crippen LogP contribution in [-0.2, 0) is 65.4 Å². The summed E-state index contributed by atoms with van der Waals surface area (Å²) in [6.45, 7) is 6.99. The van der Waals surface area contributed by atoms with Crippen LogP contribution in [0.15, 0.2) is 0 Å². The zero-order chi connectivity index (χ0) is 58.5. The zero-order valence-corrected chi connectivity index (χ0v) is 52.3. The Kier molecular flexibility index (Phi) is 52.7. The molecule has 3 unspecified atom stereocenters. The molecule has 0 aromatic carbocycles. The summed E-state index contributed by atoms with van der Waals surface area (Å²) in [5.41, 5.74) is 0. The molecule has 17 nitrogen and oxygen atoms in total. The first-order valence-corrected chi connectivity index (χ1v) is 34.7. The molecule has 0 rings (SSSR count). The van der Waals surface area contributed by atoms with Crippen LogP contribution in [0.5, 0.6) is 0 Å². The molecule has 0 spiro atoms. The molecule has 19 heteroatoms. The van der Waals surface area contributed by atoms with E-state index >= 15 is 0 Å². The number of esters is 4. The van der Waals surface area contributed by atoms with Crippen molar-refractivity contribution in [2.24, 2.45) is 5.92 Å². The first-order valence-electron chi connectivity index (χ1n) is 31.7. The Labute approximate surface area is 479 Å². The maximum atomic E-state index is 12.9. The van der Waals surface area contributed by atoms with Crippen molar-refractivity contribution in [3.63, 3.8) is 0 Å². The fourth-order valence-corrected chi connectivity index (χ4v) is 10.4. The van der Waals surface area contributed by atoms with E-state index in [1.165, 1.54) is 96.3 Å². The number of aliphatic hydroxyl groups is 1. The van der Waals surface area contributed by atoms with Gasteiger partial charge in [0.1, 0.15) is 19.3 Å². The first kappa shape index (κ1) is 77.1. The largest absolute Gasteiger partial charge is 0.472 e. The average Bonchev–Trinajstić information content (AvgIpc) is 3.42. The second-order valence-electron chi connectivity index (χ2n) is 22.0. The van der Waals surface area contributed by atoms with Gasteiger partial charge in [-0.2, -0.15) is 0 Å². The number of hydrogen-bond donors (Lipinski definition) is 3. The molecule has 6 atom stereocenters. The smallest absolute Gasteiger partial charge is 0.462 e. The van der Waals surface area contributed by atoms with Gasteiger partial charge in [0.15, 0.2) is 12.2 Å². The number of phosphoric ester groups is 2. The number of unbranched alkanes of at least 4 members (excludes halogenated alkanes) is 31. The monoisotopic (exact) mass is 1170 g/mol. The van der Waals surface area contributed by atoms with Gasteiger partial charge in [0.05, 0.1) is 26.4 Å². The third kappa shape index (κ3) is 53.8. The molecule has 468 valence electrons. The molecule has 0 aromatic heterocycles. The van der Waals surface area contributed by atoms with E-state index in [0.717, 1.165) is 121 Å². The number of carbonyl (C=O) groups excluding carboxylic acids is 4. The van der Waals surface area contributed by atoms with Gasteiger partial charge in [0.25, 0.3) is 0 Å². The van der Waals surface area contributed by atoms with Gasteiger partial charge in [-0.25, -0.2) is 9.13 Å². The van der Waals surface area contributed by atoms with Crippen LogP contribution in [0.1, 0.15) is 298 Å². The molecule has 0 bridgehead atoms. The number of ether oxygens (including phenoxy) is 4.